The average molecular weight is 503 g/mol. The second-order valence-electron chi connectivity index (χ2n) is 7.65. The Kier molecular flexibility index (Phi) is 10.1. The highest BCUT2D eigenvalue weighted by Crippen LogP contribution is 2.32. The van der Waals surface area contributed by atoms with E-state index in [9.17, 15) is 5.11 Å². The van der Waals surface area contributed by atoms with Crippen molar-refractivity contribution in [3.63, 3.8) is 0 Å². The third-order valence-electron chi connectivity index (χ3n) is 4.55. The highest BCUT2D eigenvalue weighted by atomic mass is 35.7. The number of hydrogen-bond acceptors (Lipinski definition) is 7. The summed E-state index contributed by atoms with van der Waals surface area (Å²) in [4.78, 5) is 3.08. The maximum atomic E-state index is 10.1. The molecule has 0 atom stereocenters. The molecule has 0 saturated carbocycles. The lowest BCUT2D eigenvalue weighted by molar-refractivity contribution is -2.00. The molecule has 1 heterocycles. The van der Waals surface area contributed by atoms with Gasteiger partial charge in [-0.25, -0.2) is 23.2 Å². The molecule has 0 spiro atoms. The van der Waals surface area contributed by atoms with E-state index in [-0.39, 0.29) is 0 Å². The standard InChI is InChI=1S/C25H26N2OS.ClHO4/c1-26(2)22-12-7-19(8-13-22)5-6-21-17-24(29-25(28)18-21)16-11-20-9-14-23(15-10-20)27(3)4;2-1(3,4)5/h5-18H,1-4H3;(H,2,3,4,5). The van der Waals surface area contributed by atoms with Crippen LogP contribution in [0.5, 0.6) is 0 Å². The van der Waals surface area contributed by atoms with Crippen molar-refractivity contribution in [3.05, 3.63) is 106 Å². The summed E-state index contributed by atoms with van der Waals surface area (Å²) >= 11 is 1.37. The fourth-order valence-corrected chi connectivity index (χ4v) is 3.61. The molecule has 0 fully saturated rings. The zero-order valence-electron chi connectivity index (χ0n) is 19.3. The number of benzene rings is 1. The first-order valence-corrected chi connectivity index (χ1v) is 12.2. The SMILES string of the molecule is CN(C)c1ccc(C=CC2=CC(=CC=C3C=CC(=[N+](C)C)C=C3)SC(O)=C2)cc1.[O-][Cl+3]([O-])([O-])[O-]. The first-order chi connectivity index (χ1) is 15.9. The summed E-state index contributed by atoms with van der Waals surface area (Å²) < 4.78 is 36.1. The predicted molar refractivity (Wildman–Crippen MR) is 128 cm³/mol. The topological polar surface area (TPSA) is 119 Å². The van der Waals surface area contributed by atoms with E-state index in [1.807, 2.05) is 40.3 Å². The van der Waals surface area contributed by atoms with E-state index in [2.05, 4.69) is 76.3 Å². The maximum absolute atomic E-state index is 10.1. The number of nitrogens with zero attached hydrogens (tertiary/aromatic N) is 2. The van der Waals surface area contributed by atoms with Crippen LogP contribution < -0.4 is 23.5 Å². The summed E-state index contributed by atoms with van der Waals surface area (Å²) in [5.41, 5.74) is 5.58. The lowest BCUT2D eigenvalue weighted by Crippen LogP contribution is -2.68. The molecule has 34 heavy (non-hydrogen) atoms. The summed E-state index contributed by atoms with van der Waals surface area (Å²) in [5.74, 6) is 0. The molecule has 0 unspecified atom stereocenters. The van der Waals surface area contributed by atoms with Gasteiger partial charge in [0.15, 0.2) is 10.8 Å². The van der Waals surface area contributed by atoms with Crippen molar-refractivity contribution in [2.24, 2.45) is 0 Å². The van der Waals surface area contributed by atoms with Crippen LogP contribution in [-0.4, -0.2) is 43.6 Å². The lowest BCUT2D eigenvalue weighted by Gasteiger charge is -2.17. The van der Waals surface area contributed by atoms with Crippen LogP contribution in [0.1, 0.15) is 5.56 Å². The van der Waals surface area contributed by atoms with Crippen molar-refractivity contribution in [2.75, 3.05) is 33.1 Å². The number of allylic oxidation sites excluding steroid dienone is 11. The minimum absolute atomic E-state index is 0.303. The molecular formula is C25H27ClN2O5S. The quantitative estimate of drug-likeness (QED) is 0.603. The minimum Gasteiger partial charge on any atom is -0.502 e. The fraction of sp³-hybridized carbons (Fsp3) is 0.160. The Hall–Kier alpha value is -2.85. The lowest BCUT2D eigenvalue weighted by atomic mass is 10.1. The van der Waals surface area contributed by atoms with Gasteiger partial charge in [-0.15, -0.1) is 10.2 Å². The molecule has 1 N–H and O–H groups in total. The van der Waals surface area contributed by atoms with Crippen molar-refractivity contribution < 1.29 is 38.6 Å². The molecule has 1 aromatic rings. The van der Waals surface area contributed by atoms with Gasteiger partial charge in [-0.3, -0.25) is 0 Å². The Morgan fingerprint density at radius 1 is 0.882 bits per heavy atom. The van der Waals surface area contributed by atoms with Gasteiger partial charge in [0, 0.05) is 36.8 Å². The van der Waals surface area contributed by atoms with Gasteiger partial charge < -0.3 is 10.0 Å². The number of thioether (sulfide) groups is 1. The van der Waals surface area contributed by atoms with Crippen LogP contribution in [0.25, 0.3) is 6.08 Å². The summed E-state index contributed by atoms with van der Waals surface area (Å²) in [5, 5.41) is 10.4. The Balaban J connectivity index is 0.000000739. The van der Waals surface area contributed by atoms with Gasteiger partial charge in [0.2, 0.25) is 0 Å². The second kappa shape index (κ2) is 12.6. The van der Waals surface area contributed by atoms with Crippen molar-refractivity contribution in [1.29, 1.82) is 0 Å². The van der Waals surface area contributed by atoms with Crippen LogP contribution in [0.3, 0.4) is 0 Å². The van der Waals surface area contributed by atoms with E-state index in [1.165, 1.54) is 23.2 Å². The molecule has 0 amide bonds. The van der Waals surface area contributed by atoms with Crippen molar-refractivity contribution in [3.8, 4) is 0 Å². The Morgan fingerprint density at radius 2 is 1.47 bits per heavy atom. The zero-order chi connectivity index (χ0) is 25.3. The van der Waals surface area contributed by atoms with E-state index in [0.29, 0.717) is 5.09 Å². The molecule has 9 heteroatoms. The van der Waals surface area contributed by atoms with Crippen LogP contribution in [0.2, 0.25) is 0 Å². The molecule has 0 aromatic heterocycles. The number of rotatable bonds is 4. The summed E-state index contributed by atoms with van der Waals surface area (Å²) in [6, 6.07) is 8.38. The Labute approximate surface area is 206 Å². The minimum atomic E-state index is -4.94. The predicted octanol–water partition coefficient (Wildman–Crippen LogP) is 0.732. The van der Waals surface area contributed by atoms with E-state index in [0.717, 1.165) is 21.6 Å². The number of hydrogen-bond donors (Lipinski definition) is 1. The van der Waals surface area contributed by atoms with Crippen LogP contribution in [0.4, 0.5) is 5.69 Å². The Bertz CT molecular complexity index is 1090. The first-order valence-electron chi connectivity index (χ1n) is 10.1. The van der Waals surface area contributed by atoms with Gasteiger partial charge in [-0.05, 0) is 59.2 Å². The number of aliphatic hydroxyl groups excluding tert-OH is 1. The van der Waals surface area contributed by atoms with E-state index in [1.54, 1.807) is 6.08 Å². The normalized spacial score (nSPS) is 16.8. The van der Waals surface area contributed by atoms with Gasteiger partial charge in [0.1, 0.15) is 14.1 Å². The third kappa shape index (κ3) is 10.4. The molecular weight excluding hydrogens is 476 g/mol. The van der Waals surface area contributed by atoms with E-state index >= 15 is 0 Å². The molecule has 7 nitrogen and oxygen atoms in total. The van der Waals surface area contributed by atoms with E-state index < -0.39 is 10.2 Å². The summed E-state index contributed by atoms with van der Waals surface area (Å²) in [6.45, 7) is 0. The van der Waals surface area contributed by atoms with Crippen molar-refractivity contribution >= 4 is 29.2 Å². The molecule has 0 bridgehead atoms. The molecule has 180 valence electrons. The van der Waals surface area contributed by atoms with Crippen molar-refractivity contribution in [1.82, 2.24) is 0 Å². The Morgan fingerprint density at radius 3 is 2.00 bits per heavy atom. The third-order valence-corrected chi connectivity index (χ3v) is 5.37. The second-order valence-corrected chi connectivity index (χ2v) is 9.50. The first kappa shape index (κ1) is 27.4. The molecule has 0 radical (unpaired) electrons. The monoisotopic (exact) mass is 502 g/mol. The maximum Gasteiger partial charge on any atom is 0.199 e. The smallest absolute Gasteiger partial charge is 0.199 e. The van der Waals surface area contributed by atoms with E-state index in [4.69, 9.17) is 18.6 Å². The largest absolute Gasteiger partial charge is 0.502 e. The van der Waals surface area contributed by atoms with Crippen LogP contribution in [0, 0.1) is 10.2 Å². The summed E-state index contributed by atoms with van der Waals surface area (Å²) in [6.07, 6.45) is 20.5. The molecule has 1 aliphatic heterocycles. The number of anilines is 1. The fourth-order valence-electron chi connectivity index (χ4n) is 2.84. The van der Waals surface area contributed by atoms with Crippen molar-refractivity contribution in [2.45, 2.75) is 0 Å². The highest BCUT2D eigenvalue weighted by Gasteiger charge is 2.08. The van der Waals surface area contributed by atoms with Gasteiger partial charge in [-0.2, -0.15) is 0 Å². The van der Waals surface area contributed by atoms with Gasteiger partial charge in [-0.1, -0.05) is 42.1 Å². The van der Waals surface area contributed by atoms with Crippen LogP contribution >= 0.6 is 11.8 Å². The van der Waals surface area contributed by atoms with Crippen LogP contribution in [0.15, 0.2) is 100 Å². The summed E-state index contributed by atoms with van der Waals surface area (Å²) in [7, 11) is 3.19. The molecule has 1 aliphatic carbocycles. The molecule has 3 rings (SSSR count). The molecule has 1 aromatic carbocycles. The number of aliphatic hydroxyl groups is 1. The zero-order valence-corrected chi connectivity index (χ0v) is 20.9. The molecule has 2 aliphatic rings. The van der Waals surface area contributed by atoms with Gasteiger partial charge in [0.05, 0.1) is 0 Å². The average Bonchev–Trinajstić information content (AvgIpc) is 2.75. The van der Waals surface area contributed by atoms with Crippen LogP contribution in [-0.2, 0) is 0 Å². The number of halogens is 1. The highest BCUT2D eigenvalue weighted by molar-refractivity contribution is 8.06. The molecule has 0 saturated heterocycles. The van der Waals surface area contributed by atoms with Gasteiger partial charge >= 0.3 is 0 Å². The van der Waals surface area contributed by atoms with Gasteiger partial charge in [0.25, 0.3) is 0 Å².